The smallest absolute Gasteiger partial charge is 0.136 e. The Bertz CT molecular complexity index is 205. The van der Waals surface area contributed by atoms with Crippen molar-refractivity contribution in [1.29, 1.82) is 0 Å². The topological polar surface area (TPSA) is 17.1 Å². The molecule has 0 radical (unpaired) electrons. The number of fused-ring (bicyclic) bond motifs is 1. The lowest BCUT2D eigenvalue weighted by atomic mass is 9.80. The maximum absolute atomic E-state index is 11.6. The van der Waals surface area contributed by atoms with E-state index in [1.54, 1.807) is 0 Å². The molecule has 2 aliphatic rings. The number of carbonyl (C=O) groups is 1. The lowest BCUT2D eigenvalue weighted by molar-refractivity contribution is -0.123. The molecule has 2 atom stereocenters. The van der Waals surface area contributed by atoms with Crippen LogP contribution in [0.1, 0.15) is 38.5 Å². The van der Waals surface area contributed by atoms with Gasteiger partial charge in [-0.1, -0.05) is 18.6 Å². The fraction of sp³-hybridized carbons (Fsp3) is 0.727. The second kappa shape index (κ2) is 3.42. The minimum Gasteiger partial charge on any atom is -0.299 e. The second-order valence-corrected chi connectivity index (χ2v) is 3.99. The first-order valence-electron chi connectivity index (χ1n) is 5.07. The average molecular weight is 164 g/mol. The van der Waals surface area contributed by atoms with Crippen molar-refractivity contribution in [3.8, 4) is 0 Å². The second-order valence-electron chi connectivity index (χ2n) is 3.99. The van der Waals surface area contributed by atoms with Crippen LogP contribution in [0.15, 0.2) is 12.2 Å². The minimum absolute atomic E-state index is 0.387. The van der Waals surface area contributed by atoms with Gasteiger partial charge in [-0.25, -0.2) is 0 Å². The number of Topliss-reactive ketones (excluding diaryl/α,β-unsaturated/α-hetero) is 1. The molecule has 2 unspecified atom stereocenters. The lowest BCUT2D eigenvalue weighted by Gasteiger charge is -2.23. The Morgan fingerprint density at radius 1 is 1.25 bits per heavy atom. The van der Waals surface area contributed by atoms with Gasteiger partial charge in [-0.15, -0.1) is 0 Å². The molecule has 1 heteroatoms. The summed E-state index contributed by atoms with van der Waals surface area (Å²) < 4.78 is 0. The van der Waals surface area contributed by atoms with E-state index in [9.17, 15) is 4.79 Å². The molecule has 0 saturated heterocycles. The summed E-state index contributed by atoms with van der Waals surface area (Å²) in [5, 5.41) is 0. The highest BCUT2D eigenvalue weighted by Crippen LogP contribution is 2.33. The van der Waals surface area contributed by atoms with E-state index in [-0.39, 0.29) is 0 Å². The van der Waals surface area contributed by atoms with Crippen molar-refractivity contribution in [3.63, 3.8) is 0 Å². The molecule has 1 saturated carbocycles. The molecular formula is C11H16O. The average Bonchev–Trinajstić information content (AvgIpc) is 2.29. The van der Waals surface area contributed by atoms with Crippen molar-refractivity contribution in [2.75, 3.05) is 0 Å². The van der Waals surface area contributed by atoms with Crippen LogP contribution in [0.3, 0.4) is 0 Å². The Labute approximate surface area is 73.8 Å². The molecule has 0 aromatic carbocycles. The van der Waals surface area contributed by atoms with Crippen LogP contribution in [0.5, 0.6) is 0 Å². The molecule has 1 fully saturated rings. The normalized spacial score (nSPS) is 35.8. The highest BCUT2D eigenvalue weighted by Gasteiger charge is 2.29. The number of ketones is 1. The maximum Gasteiger partial charge on any atom is 0.136 e. The fourth-order valence-corrected chi connectivity index (χ4v) is 2.46. The summed E-state index contributed by atoms with van der Waals surface area (Å²) in [5.74, 6) is 1.51. The highest BCUT2D eigenvalue weighted by molar-refractivity contribution is 5.81. The van der Waals surface area contributed by atoms with E-state index in [1.807, 2.05) is 0 Å². The van der Waals surface area contributed by atoms with Crippen LogP contribution < -0.4 is 0 Å². The quantitative estimate of drug-likeness (QED) is 0.503. The summed E-state index contributed by atoms with van der Waals surface area (Å²) >= 11 is 0. The predicted octanol–water partition coefficient (Wildman–Crippen LogP) is 2.71. The number of hydrogen-bond acceptors (Lipinski definition) is 1. The van der Waals surface area contributed by atoms with E-state index < -0.39 is 0 Å². The Balaban J connectivity index is 2.14. The van der Waals surface area contributed by atoms with Gasteiger partial charge in [0.25, 0.3) is 0 Å². The third-order valence-corrected chi connectivity index (χ3v) is 3.17. The van der Waals surface area contributed by atoms with Crippen LogP contribution in [0.25, 0.3) is 0 Å². The third kappa shape index (κ3) is 1.45. The first-order chi connectivity index (χ1) is 5.88. The molecule has 2 rings (SSSR count). The zero-order valence-corrected chi connectivity index (χ0v) is 7.46. The van der Waals surface area contributed by atoms with Crippen molar-refractivity contribution < 1.29 is 4.79 Å². The Kier molecular flexibility index (Phi) is 2.29. The number of carbonyl (C=O) groups excluding carboxylic acids is 1. The van der Waals surface area contributed by atoms with Crippen molar-refractivity contribution in [2.24, 2.45) is 11.8 Å². The predicted molar refractivity (Wildman–Crippen MR) is 48.8 cm³/mol. The molecule has 0 heterocycles. The first kappa shape index (κ1) is 8.03. The molecule has 0 N–H and O–H groups in total. The van der Waals surface area contributed by atoms with Crippen molar-refractivity contribution in [3.05, 3.63) is 12.2 Å². The molecule has 0 aromatic heterocycles. The SMILES string of the molecule is O=C1CCCCC2C=CCCC12. The summed E-state index contributed by atoms with van der Waals surface area (Å²) in [6, 6.07) is 0. The minimum atomic E-state index is 0.387. The highest BCUT2D eigenvalue weighted by atomic mass is 16.1. The molecule has 2 aliphatic carbocycles. The fourth-order valence-electron chi connectivity index (χ4n) is 2.46. The van der Waals surface area contributed by atoms with E-state index in [4.69, 9.17) is 0 Å². The van der Waals surface area contributed by atoms with Gasteiger partial charge in [0.15, 0.2) is 0 Å². The lowest BCUT2D eigenvalue weighted by Crippen LogP contribution is -2.22. The summed E-state index contributed by atoms with van der Waals surface area (Å²) in [6.07, 6.45) is 11.2. The number of rotatable bonds is 0. The van der Waals surface area contributed by atoms with E-state index in [1.165, 1.54) is 12.8 Å². The Morgan fingerprint density at radius 3 is 3.08 bits per heavy atom. The summed E-state index contributed by atoms with van der Waals surface area (Å²) in [6.45, 7) is 0. The van der Waals surface area contributed by atoms with Gasteiger partial charge in [-0.05, 0) is 31.6 Å². The van der Waals surface area contributed by atoms with Crippen LogP contribution in [-0.2, 0) is 4.79 Å². The van der Waals surface area contributed by atoms with Gasteiger partial charge in [0.1, 0.15) is 5.78 Å². The Morgan fingerprint density at radius 2 is 2.17 bits per heavy atom. The van der Waals surface area contributed by atoms with Gasteiger partial charge < -0.3 is 0 Å². The van der Waals surface area contributed by atoms with Gasteiger partial charge >= 0.3 is 0 Å². The van der Waals surface area contributed by atoms with E-state index in [0.29, 0.717) is 17.6 Å². The van der Waals surface area contributed by atoms with E-state index >= 15 is 0 Å². The molecule has 1 nitrogen and oxygen atoms in total. The summed E-state index contributed by atoms with van der Waals surface area (Å²) in [5.41, 5.74) is 0. The number of allylic oxidation sites excluding steroid dienone is 2. The van der Waals surface area contributed by atoms with Crippen molar-refractivity contribution in [1.82, 2.24) is 0 Å². The first-order valence-corrected chi connectivity index (χ1v) is 5.07. The van der Waals surface area contributed by atoms with Gasteiger partial charge in [0.05, 0.1) is 0 Å². The van der Waals surface area contributed by atoms with Crippen LogP contribution >= 0.6 is 0 Å². The maximum atomic E-state index is 11.6. The monoisotopic (exact) mass is 164 g/mol. The third-order valence-electron chi connectivity index (χ3n) is 3.17. The van der Waals surface area contributed by atoms with Gasteiger partial charge in [0, 0.05) is 12.3 Å². The summed E-state index contributed by atoms with van der Waals surface area (Å²) in [7, 11) is 0. The van der Waals surface area contributed by atoms with Crippen molar-refractivity contribution in [2.45, 2.75) is 38.5 Å². The molecule has 0 aliphatic heterocycles. The van der Waals surface area contributed by atoms with Gasteiger partial charge in [-0.3, -0.25) is 4.79 Å². The van der Waals surface area contributed by atoms with Crippen LogP contribution in [-0.4, -0.2) is 5.78 Å². The molecule has 0 spiro atoms. The molecule has 0 amide bonds. The van der Waals surface area contributed by atoms with Crippen LogP contribution in [0.4, 0.5) is 0 Å². The molecule has 0 bridgehead atoms. The Hall–Kier alpha value is -0.590. The van der Waals surface area contributed by atoms with Gasteiger partial charge in [-0.2, -0.15) is 0 Å². The summed E-state index contributed by atoms with van der Waals surface area (Å²) in [4.78, 5) is 11.6. The molecule has 12 heavy (non-hydrogen) atoms. The van der Waals surface area contributed by atoms with E-state index in [2.05, 4.69) is 12.2 Å². The van der Waals surface area contributed by atoms with Gasteiger partial charge in [0.2, 0.25) is 0 Å². The van der Waals surface area contributed by atoms with E-state index in [0.717, 1.165) is 25.7 Å². The van der Waals surface area contributed by atoms with Crippen molar-refractivity contribution >= 4 is 5.78 Å². The van der Waals surface area contributed by atoms with Crippen LogP contribution in [0.2, 0.25) is 0 Å². The standard InChI is InChI=1S/C11H16O/c12-11-8-4-2-6-9-5-1-3-7-10(9)11/h1,5,9-10H,2-4,6-8H2. The number of hydrogen-bond donors (Lipinski definition) is 0. The van der Waals surface area contributed by atoms with Crippen LogP contribution in [0, 0.1) is 11.8 Å². The largest absolute Gasteiger partial charge is 0.299 e. The zero-order valence-electron chi connectivity index (χ0n) is 7.46. The molecule has 66 valence electrons. The molecular weight excluding hydrogens is 148 g/mol. The molecule has 0 aromatic rings. The zero-order chi connectivity index (χ0) is 8.39.